The van der Waals surface area contributed by atoms with Crippen molar-refractivity contribution in [1.29, 1.82) is 0 Å². The lowest BCUT2D eigenvalue weighted by Gasteiger charge is -2.09. The molecule has 0 fully saturated rings. The van der Waals surface area contributed by atoms with E-state index in [1.54, 1.807) is 6.20 Å². The number of hydrogen-bond acceptors (Lipinski definition) is 3. The molecule has 18 heavy (non-hydrogen) atoms. The van der Waals surface area contributed by atoms with Gasteiger partial charge in [-0.05, 0) is 37.1 Å². The highest BCUT2D eigenvalue weighted by Crippen LogP contribution is 2.10. The van der Waals surface area contributed by atoms with E-state index in [-0.39, 0.29) is 0 Å². The number of pyridine rings is 1. The lowest BCUT2D eigenvalue weighted by Crippen LogP contribution is -2.09. The van der Waals surface area contributed by atoms with Gasteiger partial charge in [-0.1, -0.05) is 24.3 Å². The van der Waals surface area contributed by atoms with E-state index in [9.17, 15) is 0 Å². The molecule has 0 aliphatic rings. The van der Waals surface area contributed by atoms with Crippen molar-refractivity contribution >= 4 is 5.82 Å². The smallest absolute Gasteiger partial charge is 0.128 e. The largest absolute Gasteiger partial charge is 0.494 e. The first kappa shape index (κ1) is 12.4. The fourth-order valence-electron chi connectivity index (χ4n) is 1.66. The minimum Gasteiger partial charge on any atom is -0.494 e. The van der Waals surface area contributed by atoms with Gasteiger partial charge < -0.3 is 10.1 Å². The molecule has 0 bridgehead atoms. The molecule has 0 spiro atoms. The summed E-state index contributed by atoms with van der Waals surface area (Å²) < 4.78 is 5.61. The van der Waals surface area contributed by atoms with E-state index in [1.807, 2.05) is 36.4 Å². The number of aromatic nitrogens is 1. The second kappa shape index (κ2) is 6.64. The Labute approximate surface area is 108 Å². The number of rotatable bonds is 6. The zero-order valence-corrected chi connectivity index (χ0v) is 10.6. The Bertz CT molecular complexity index is 471. The maximum atomic E-state index is 5.61. The Hall–Kier alpha value is -2.03. The number of para-hydroxylation sites is 1. The monoisotopic (exact) mass is 242 g/mol. The van der Waals surface area contributed by atoms with Crippen LogP contribution < -0.4 is 10.1 Å². The van der Waals surface area contributed by atoms with Gasteiger partial charge in [0.1, 0.15) is 11.6 Å². The predicted octanol–water partition coefficient (Wildman–Crippen LogP) is 3.27. The van der Waals surface area contributed by atoms with Crippen LogP contribution in [0.5, 0.6) is 5.75 Å². The van der Waals surface area contributed by atoms with Crippen molar-refractivity contribution in [2.45, 2.75) is 13.3 Å². The van der Waals surface area contributed by atoms with Crippen LogP contribution in [0.1, 0.15) is 12.0 Å². The van der Waals surface area contributed by atoms with Crippen LogP contribution >= 0.6 is 0 Å². The van der Waals surface area contributed by atoms with E-state index in [1.165, 1.54) is 5.56 Å². The van der Waals surface area contributed by atoms with Crippen molar-refractivity contribution in [3.05, 3.63) is 54.2 Å². The molecule has 0 aliphatic carbocycles. The summed E-state index contributed by atoms with van der Waals surface area (Å²) in [6.07, 6.45) is 2.75. The molecular formula is C15H18N2O. The number of ether oxygens (including phenoxy) is 1. The summed E-state index contributed by atoms with van der Waals surface area (Å²) in [6.45, 7) is 3.63. The normalized spacial score (nSPS) is 10.1. The highest BCUT2D eigenvalue weighted by molar-refractivity contribution is 5.42. The second-order valence-electron chi connectivity index (χ2n) is 4.11. The van der Waals surface area contributed by atoms with Gasteiger partial charge in [-0.3, -0.25) is 0 Å². The quantitative estimate of drug-likeness (QED) is 0.789. The molecule has 0 radical (unpaired) electrons. The van der Waals surface area contributed by atoms with Crippen molar-refractivity contribution in [2.24, 2.45) is 0 Å². The number of nitrogens with one attached hydrogen (secondary N) is 1. The van der Waals surface area contributed by atoms with Crippen LogP contribution in [0, 0.1) is 6.92 Å². The molecule has 1 heterocycles. The predicted molar refractivity (Wildman–Crippen MR) is 74.0 cm³/mol. The Morgan fingerprint density at radius 1 is 1.11 bits per heavy atom. The van der Waals surface area contributed by atoms with Crippen LogP contribution in [0.4, 0.5) is 5.82 Å². The lowest BCUT2D eigenvalue weighted by molar-refractivity contribution is 0.315. The van der Waals surface area contributed by atoms with Gasteiger partial charge in [0, 0.05) is 12.7 Å². The summed E-state index contributed by atoms with van der Waals surface area (Å²) in [5, 5.41) is 3.31. The van der Waals surface area contributed by atoms with Gasteiger partial charge in [0.05, 0.1) is 6.61 Å². The third-order valence-electron chi connectivity index (χ3n) is 2.63. The number of anilines is 1. The Kier molecular flexibility index (Phi) is 4.59. The summed E-state index contributed by atoms with van der Waals surface area (Å²) in [5.41, 5.74) is 1.17. The molecular weight excluding hydrogens is 224 g/mol. The first-order chi connectivity index (χ1) is 8.86. The van der Waals surface area contributed by atoms with Crippen LogP contribution in [0.3, 0.4) is 0 Å². The molecule has 2 rings (SSSR count). The van der Waals surface area contributed by atoms with Crippen molar-refractivity contribution in [3.8, 4) is 5.75 Å². The van der Waals surface area contributed by atoms with Crippen LogP contribution in [0.15, 0.2) is 48.7 Å². The minimum absolute atomic E-state index is 0.711. The molecule has 0 atom stereocenters. The third-order valence-corrected chi connectivity index (χ3v) is 2.63. The molecule has 1 N–H and O–H groups in total. The second-order valence-corrected chi connectivity index (χ2v) is 4.11. The maximum Gasteiger partial charge on any atom is 0.128 e. The Morgan fingerprint density at radius 2 is 1.94 bits per heavy atom. The first-order valence-corrected chi connectivity index (χ1v) is 6.19. The molecule has 2 aromatic rings. The highest BCUT2D eigenvalue weighted by Gasteiger charge is 1.97. The van der Waals surface area contributed by atoms with E-state index in [0.29, 0.717) is 6.61 Å². The van der Waals surface area contributed by atoms with Crippen molar-refractivity contribution in [2.75, 3.05) is 18.5 Å². The number of aryl methyl sites for hydroxylation is 1. The van der Waals surface area contributed by atoms with E-state index in [0.717, 1.165) is 24.5 Å². The van der Waals surface area contributed by atoms with E-state index >= 15 is 0 Å². The molecule has 1 aromatic heterocycles. The van der Waals surface area contributed by atoms with Gasteiger partial charge in [0.25, 0.3) is 0 Å². The number of benzene rings is 1. The molecule has 0 saturated heterocycles. The van der Waals surface area contributed by atoms with E-state index < -0.39 is 0 Å². The summed E-state index contributed by atoms with van der Waals surface area (Å²) in [4.78, 5) is 4.28. The fourth-order valence-corrected chi connectivity index (χ4v) is 1.66. The van der Waals surface area contributed by atoms with Crippen molar-refractivity contribution in [3.63, 3.8) is 0 Å². The molecule has 1 aromatic carbocycles. The minimum atomic E-state index is 0.711. The fraction of sp³-hybridized carbons (Fsp3) is 0.267. The average molecular weight is 242 g/mol. The summed E-state index contributed by atoms with van der Waals surface area (Å²) >= 11 is 0. The van der Waals surface area contributed by atoms with Gasteiger partial charge in [-0.25, -0.2) is 4.98 Å². The Balaban J connectivity index is 1.66. The third kappa shape index (κ3) is 3.77. The van der Waals surface area contributed by atoms with Gasteiger partial charge >= 0.3 is 0 Å². The van der Waals surface area contributed by atoms with Gasteiger partial charge in [0.15, 0.2) is 0 Å². The summed E-state index contributed by atoms with van der Waals surface area (Å²) in [6, 6.07) is 13.9. The van der Waals surface area contributed by atoms with Crippen LogP contribution in [-0.2, 0) is 0 Å². The van der Waals surface area contributed by atoms with Gasteiger partial charge in [0.2, 0.25) is 0 Å². The molecule has 0 unspecified atom stereocenters. The molecule has 0 saturated carbocycles. The molecule has 3 nitrogen and oxygen atoms in total. The van der Waals surface area contributed by atoms with Crippen molar-refractivity contribution in [1.82, 2.24) is 4.98 Å². The van der Waals surface area contributed by atoms with E-state index in [4.69, 9.17) is 4.74 Å². The average Bonchev–Trinajstić information content (AvgIpc) is 2.42. The van der Waals surface area contributed by atoms with E-state index in [2.05, 4.69) is 23.3 Å². The summed E-state index contributed by atoms with van der Waals surface area (Å²) in [7, 11) is 0. The zero-order chi connectivity index (χ0) is 12.6. The summed E-state index contributed by atoms with van der Waals surface area (Å²) in [5.74, 6) is 1.88. The maximum absolute atomic E-state index is 5.61. The number of hydrogen-bond donors (Lipinski definition) is 1. The molecule has 0 aliphatic heterocycles. The van der Waals surface area contributed by atoms with Crippen LogP contribution in [0.25, 0.3) is 0 Å². The number of nitrogens with zero attached hydrogens (tertiary/aromatic N) is 1. The molecule has 94 valence electrons. The van der Waals surface area contributed by atoms with Crippen molar-refractivity contribution < 1.29 is 4.74 Å². The van der Waals surface area contributed by atoms with Gasteiger partial charge in [-0.15, -0.1) is 0 Å². The van der Waals surface area contributed by atoms with Gasteiger partial charge in [-0.2, -0.15) is 0 Å². The molecule has 0 amide bonds. The highest BCUT2D eigenvalue weighted by atomic mass is 16.5. The zero-order valence-electron chi connectivity index (χ0n) is 10.6. The topological polar surface area (TPSA) is 34.2 Å². The van der Waals surface area contributed by atoms with Crippen LogP contribution in [-0.4, -0.2) is 18.1 Å². The SMILES string of the molecule is Cc1cccnc1NCCCOc1ccccc1. The lowest BCUT2D eigenvalue weighted by atomic mass is 10.3. The Morgan fingerprint density at radius 3 is 2.72 bits per heavy atom. The van der Waals surface area contributed by atoms with Crippen LogP contribution in [0.2, 0.25) is 0 Å². The first-order valence-electron chi connectivity index (χ1n) is 6.19. The standard InChI is InChI=1S/C15H18N2O/c1-13-7-5-10-16-15(13)17-11-6-12-18-14-8-3-2-4-9-14/h2-5,7-10H,6,11-12H2,1H3,(H,16,17). The molecule has 3 heteroatoms.